The van der Waals surface area contributed by atoms with Crippen LogP contribution in [0.25, 0.3) is 0 Å². The zero-order valence-electron chi connectivity index (χ0n) is 12.5. The van der Waals surface area contributed by atoms with Gasteiger partial charge in [-0.2, -0.15) is 0 Å². The molecule has 2 aliphatic heterocycles. The van der Waals surface area contributed by atoms with Crippen LogP contribution in [-0.2, 0) is 19.4 Å². The van der Waals surface area contributed by atoms with Gasteiger partial charge in [0.15, 0.2) is 0 Å². The number of hydrogen-bond donors (Lipinski definition) is 1. The van der Waals surface area contributed by atoms with Gasteiger partial charge >= 0.3 is 0 Å². The smallest absolute Gasteiger partial charge is 0.133 e. The molecule has 0 saturated carbocycles. The molecule has 1 fully saturated rings. The highest BCUT2D eigenvalue weighted by atomic mass is 16.3. The third-order valence-corrected chi connectivity index (χ3v) is 5.02. The van der Waals surface area contributed by atoms with Crippen LogP contribution >= 0.6 is 0 Å². The minimum atomic E-state index is 0.275. The number of nitrogens with zero attached hydrogens (tertiary/aromatic N) is 4. The molecule has 1 saturated heterocycles. The van der Waals surface area contributed by atoms with E-state index in [1.807, 2.05) is 0 Å². The molecule has 1 aromatic rings. The maximum atomic E-state index is 9.27. The summed E-state index contributed by atoms with van der Waals surface area (Å²) in [5.41, 5.74) is 0. The van der Waals surface area contributed by atoms with Crippen LogP contribution in [0.2, 0.25) is 0 Å². The zero-order valence-corrected chi connectivity index (χ0v) is 12.5. The summed E-state index contributed by atoms with van der Waals surface area (Å²) >= 11 is 0. The number of hydrogen-bond acceptors (Lipinski definition) is 4. The Labute approximate surface area is 121 Å². The van der Waals surface area contributed by atoms with Crippen molar-refractivity contribution in [3.8, 4) is 0 Å². The van der Waals surface area contributed by atoms with E-state index >= 15 is 0 Å². The van der Waals surface area contributed by atoms with Crippen molar-refractivity contribution in [2.75, 3.05) is 26.2 Å². The van der Waals surface area contributed by atoms with Gasteiger partial charge in [0.05, 0.1) is 0 Å². The molecule has 112 valence electrons. The monoisotopic (exact) mass is 278 g/mol. The molecule has 0 aromatic carbocycles. The van der Waals surface area contributed by atoms with E-state index in [1.54, 1.807) is 0 Å². The van der Waals surface area contributed by atoms with Crippen molar-refractivity contribution >= 4 is 0 Å². The summed E-state index contributed by atoms with van der Waals surface area (Å²) in [5, 5.41) is 18.0. The predicted molar refractivity (Wildman–Crippen MR) is 77.5 cm³/mol. The molecular formula is C15H26N4O. The maximum Gasteiger partial charge on any atom is 0.133 e. The highest BCUT2D eigenvalue weighted by Gasteiger charge is 2.25. The first kappa shape index (κ1) is 14.0. The van der Waals surface area contributed by atoms with E-state index in [0.29, 0.717) is 5.92 Å². The van der Waals surface area contributed by atoms with Crippen molar-refractivity contribution in [3.63, 3.8) is 0 Å². The fraction of sp³-hybridized carbons (Fsp3) is 0.867. The number of likely N-dealkylation sites (tertiary alicyclic amines) is 1. The molecule has 0 bridgehead atoms. The number of aromatic nitrogens is 3. The zero-order chi connectivity index (χ0) is 13.9. The van der Waals surface area contributed by atoms with E-state index in [-0.39, 0.29) is 6.61 Å². The second kappa shape index (κ2) is 6.22. The van der Waals surface area contributed by atoms with Crippen LogP contribution in [0.1, 0.15) is 37.8 Å². The highest BCUT2D eigenvalue weighted by molar-refractivity contribution is 5.01. The number of rotatable bonds is 4. The van der Waals surface area contributed by atoms with Crippen LogP contribution in [0, 0.1) is 11.8 Å². The molecular weight excluding hydrogens is 252 g/mol. The van der Waals surface area contributed by atoms with Gasteiger partial charge < -0.3 is 14.6 Å². The molecule has 0 spiro atoms. The lowest BCUT2D eigenvalue weighted by Gasteiger charge is -2.31. The highest BCUT2D eigenvalue weighted by Crippen LogP contribution is 2.24. The van der Waals surface area contributed by atoms with Crippen LogP contribution in [-0.4, -0.2) is 51.0 Å². The molecule has 1 atom stereocenters. The number of aliphatic hydroxyl groups excluding tert-OH is 1. The molecule has 3 rings (SSSR count). The van der Waals surface area contributed by atoms with Gasteiger partial charge in [0.2, 0.25) is 0 Å². The Bertz CT molecular complexity index is 437. The lowest BCUT2D eigenvalue weighted by Crippen LogP contribution is -2.34. The van der Waals surface area contributed by atoms with Gasteiger partial charge in [-0.25, -0.2) is 0 Å². The topological polar surface area (TPSA) is 54.2 Å². The largest absolute Gasteiger partial charge is 0.396 e. The van der Waals surface area contributed by atoms with Crippen LogP contribution < -0.4 is 0 Å². The quantitative estimate of drug-likeness (QED) is 0.896. The van der Waals surface area contributed by atoms with Gasteiger partial charge in [-0.1, -0.05) is 6.92 Å². The molecule has 0 aliphatic carbocycles. The minimum absolute atomic E-state index is 0.275. The lowest BCUT2D eigenvalue weighted by atomic mass is 9.93. The molecule has 5 nitrogen and oxygen atoms in total. The Hall–Kier alpha value is -0.940. The van der Waals surface area contributed by atoms with Gasteiger partial charge in [0, 0.05) is 26.0 Å². The third-order valence-electron chi connectivity index (χ3n) is 5.02. The summed E-state index contributed by atoms with van der Waals surface area (Å²) < 4.78 is 2.30. The van der Waals surface area contributed by atoms with E-state index in [2.05, 4.69) is 26.6 Å². The minimum Gasteiger partial charge on any atom is -0.396 e. The standard InChI is InChI=1S/C15H26N4O/c1-2-18-6-3-12(4-7-18)9-14-16-17-15-10-13(11-20)5-8-19(14)15/h12-13,20H,2-11H2,1H3. The molecule has 1 aromatic heterocycles. The molecule has 5 heteroatoms. The van der Waals surface area contributed by atoms with Crippen molar-refractivity contribution < 1.29 is 5.11 Å². The summed E-state index contributed by atoms with van der Waals surface area (Å²) in [4.78, 5) is 2.53. The van der Waals surface area contributed by atoms with Crippen LogP contribution in [0.4, 0.5) is 0 Å². The van der Waals surface area contributed by atoms with E-state index < -0.39 is 0 Å². The summed E-state index contributed by atoms with van der Waals surface area (Å²) in [6.45, 7) is 7.14. The van der Waals surface area contributed by atoms with Crippen LogP contribution in [0.5, 0.6) is 0 Å². The first-order valence-corrected chi connectivity index (χ1v) is 8.04. The van der Waals surface area contributed by atoms with Gasteiger partial charge in [0.25, 0.3) is 0 Å². The lowest BCUT2D eigenvalue weighted by molar-refractivity contribution is 0.186. The van der Waals surface area contributed by atoms with Crippen molar-refractivity contribution in [3.05, 3.63) is 11.6 Å². The molecule has 3 heterocycles. The molecule has 0 amide bonds. The Kier molecular flexibility index (Phi) is 4.36. The number of fused-ring (bicyclic) bond motifs is 1. The molecule has 1 unspecified atom stereocenters. The van der Waals surface area contributed by atoms with E-state index in [9.17, 15) is 5.11 Å². The number of piperidine rings is 1. The normalized spacial score (nSPS) is 24.8. The van der Waals surface area contributed by atoms with Crippen molar-refractivity contribution in [2.24, 2.45) is 11.8 Å². The van der Waals surface area contributed by atoms with Crippen molar-refractivity contribution in [1.29, 1.82) is 0 Å². The fourth-order valence-electron chi connectivity index (χ4n) is 3.53. The molecule has 0 radical (unpaired) electrons. The van der Waals surface area contributed by atoms with Gasteiger partial charge in [0.1, 0.15) is 11.6 Å². The predicted octanol–water partition coefficient (Wildman–Crippen LogP) is 1.11. The Morgan fingerprint density at radius 2 is 1.85 bits per heavy atom. The summed E-state index contributed by atoms with van der Waals surface area (Å²) in [6, 6.07) is 0. The SMILES string of the molecule is CCN1CCC(Cc2nnc3n2CCC(CO)C3)CC1. The Balaban J connectivity index is 1.61. The average molecular weight is 278 g/mol. The second-order valence-corrected chi connectivity index (χ2v) is 6.31. The van der Waals surface area contributed by atoms with E-state index in [0.717, 1.165) is 37.5 Å². The van der Waals surface area contributed by atoms with Crippen molar-refractivity contribution in [2.45, 2.75) is 45.6 Å². The summed E-state index contributed by atoms with van der Waals surface area (Å²) in [5.74, 6) is 3.40. The summed E-state index contributed by atoms with van der Waals surface area (Å²) in [7, 11) is 0. The van der Waals surface area contributed by atoms with Gasteiger partial charge in [-0.15, -0.1) is 10.2 Å². The van der Waals surface area contributed by atoms with E-state index in [4.69, 9.17) is 0 Å². The van der Waals surface area contributed by atoms with Crippen molar-refractivity contribution in [1.82, 2.24) is 19.7 Å². The first-order chi connectivity index (χ1) is 9.80. The van der Waals surface area contributed by atoms with Gasteiger partial charge in [-0.05, 0) is 50.7 Å². The molecule has 2 aliphatic rings. The third kappa shape index (κ3) is 2.88. The Morgan fingerprint density at radius 3 is 2.55 bits per heavy atom. The average Bonchev–Trinajstić information content (AvgIpc) is 2.90. The molecule has 20 heavy (non-hydrogen) atoms. The van der Waals surface area contributed by atoms with E-state index in [1.165, 1.54) is 38.3 Å². The second-order valence-electron chi connectivity index (χ2n) is 6.31. The number of aliphatic hydroxyl groups is 1. The summed E-state index contributed by atoms with van der Waals surface area (Å²) in [6.07, 6.45) is 5.60. The first-order valence-electron chi connectivity index (χ1n) is 8.04. The molecule has 1 N–H and O–H groups in total. The fourth-order valence-corrected chi connectivity index (χ4v) is 3.53. The van der Waals surface area contributed by atoms with Crippen LogP contribution in [0.3, 0.4) is 0 Å². The van der Waals surface area contributed by atoms with Gasteiger partial charge in [-0.3, -0.25) is 0 Å². The van der Waals surface area contributed by atoms with Crippen LogP contribution in [0.15, 0.2) is 0 Å². The Morgan fingerprint density at radius 1 is 1.10 bits per heavy atom. The maximum absolute atomic E-state index is 9.27.